The van der Waals surface area contributed by atoms with Crippen LogP contribution in [0.1, 0.15) is 12.8 Å². The Hall–Kier alpha value is -1.08. The van der Waals surface area contributed by atoms with Gasteiger partial charge in [0.2, 0.25) is 0 Å². The molecule has 2 fully saturated rings. The number of nitrogens with zero attached hydrogens (tertiary/aromatic N) is 1. The highest BCUT2D eigenvalue weighted by molar-refractivity contribution is 5.80. The van der Waals surface area contributed by atoms with Gasteiger partial charge in [-0.05, 0) is 0 Å². The summed E-state index contributed by atoms with van der Waals surface area (Å²) in [5.41, 5.74) is -0.914. The van der Waals surface area contributed by atoms with E-state index in [1.165, 1.54) is 7.11 Å². The Morgan fingerprint density at radius 1 is 1.67 bits per heavy atom. The van der Waals surface area contributed by atoms with Crippen LogP contribution in [0.4, 0.5) is 0 Å². The van der Waals surface area contributed by atoms with Crippen LogP contribution < -0.4 is 0 Å². The molecule has 4 heteroatoms. The van der Waals surface area contributed by atoms with Crippen molar-refractivity contribution in [3.05, 3.63) is 0 Å². The van der Waals surface area contributed by atoms with E-state index in [9.17, 15) is 4.79 Å². The number of epoxide rings is 1. The summed E-state index contributed by atoms with van der Waals surface area (Å²) in [6.07, 6.45) is 1.26. The highest BCUT2D eigenvalue weighted by atomic mass is 16.6. The van der Waals surface area contributed by atoms with Gasteiger partial charge in [-0.15, -0.1) is 0 Å². The second-order valence-corrected chi connectivity index (χ2v) is 3.31. The van der Waals surface area contributed by atoms with Crippen molar-refractivity contribution in [3.8, 4) is 6.07 Å². The number of carbonyl (C=O) groups excluding carboxylic acids is 1. The van der Waals surface area contributed by atoms with Crippen molar-refractivity contribution in [3.63, 3.8) is 0 Å². The fourth-order valence-corrected chi connectivity index (χ4v) is 1.81. The number of methoxy groups -OCH3 is 1. The zero-order chi connectivity index (χ0) is 8.77. The molecule has 0 N–H and O–H groups in total. The number of hydrogen-bond donors (Lipinski definition) is 0. The Morgan fingerprint density at radius 3 is 2.67 bits per heavy atom. The smallest absolute Gasteiger partial charge is 0.326 e. The van der Waals surface area contributed by atoms with Crippen LogP contribution in [0.2, 0.25) is 0 Å². The van der Waals surface area contributed by atoms with Crippen LogP contribution in [-0.4, -0.2) is 25.3 Å². The quantitative estimate of drug-likeness (QED) is 0.414. The van der Waals surface area contributed by atoms with E-state index >= 15 is 0 Å². The van der Waals surface area contributed by atoms with Crippen LogP contribution in [0.5, 0.6) is 0 Å². The van der Waals surface area contributed by atoms with Gasteiger partial charge in [0.1, 0.15) is 0 Å². The highest BCUT2D eigenvalue weighted by Gasteiger charge is 2.60. The molecule has 0 spiro atoms. The van der Waals surface area contributed by atoms with Crippen molar-refractivity contribution in [1.82, 2.24) is 0 Å². The van der Waals surface area contributed by atoms with Gasteiger partial charge in [-0.2, -0.15) is 5.26 Å². The normalized spacial score (nSPS) is 43.0. The van der Waals surface area contributed by atoms with E-state index in [4.69, 9.17) is 10.00 Å². The zero-order valence-electron chi connectivity index (χ0n) is 6.74. The summed E-state index contributed by atoms with van der Waals surface area (Å²) in [5, 5.41) is 8.85. The molecule has 1 heterocycles. The molecule has 0 amide bonds. The molecule has 2 aliphatic rings. The van der Waals surface area contributed by atoms with E-state index in [0.29, 0.717) is 12.8 Å². The molecule has 4 nitrogen and oxygen atoms in total. The molecule has 2 unspecified atom stereocenters. The van der Waals surface area contributed by atoms with Gasteiger partial charge in [-0.25, -0.2) is 0 Å². The van der Waals surface area contributed by atoms with Crippen LogP contribution in [0.3, 0.4) is 0 Å². The Bertz CT molecular complexity index is 258. The minimum absolute atomic E-state index is 0.128. The van der Waals surface area contributed by atoms with E-state index in [1.54, 1.807) is 0 Å². The molecule has 0 radical (unpaired) electrons. The Balaban J connectivity index is 2.17. The van der Waals surface area contributed by atoms with Crippen LogP contribution in [-0.2, 0) is 14.3 Å². The van der Waals surface area contributed by atoms with Gasteiger partial charge in [0.15, 0.2) is 5.41 Å². The Morgan fingerprint density at radius 2 is 2.25 bits per heavy atom. The third-order valence-corrected chi connectivity index (χ3v) is 2.58. The average molecular weight is 167 g/mol. The lowest BCUT2D eigenvalue weighted by Crippen LogP contribution is -2.29. The number of ether oxygens (including phenoxy) is 2. The molecule has 0 aromatic heterocycles. The first-order chi connectivity index (χ1) is 5.72. The summed E-state index contributed by atoms with van der Waals surface area (Å²) in [6.45, 7) is 0. The van der Waals surface area contributed by atoms with Crippen LogP contribution in [0, 0.1) is 16.7 Å². The Kier molecular flexibility index (Phi) is 1.39. The topological polar surface area (TPSA) is 62.6 Å². The van der Waals surface area contributed by atoms with E-state index in [0.717, 1.165) is 0 Å². The summed E-state index contributed by atoms with van der Waals surface area (Å²) in [5.74, 6) is -0.416. The fourth-order valence-electron chi connectivity index (χ4n) is 1.81. The molecule has 64 valence electrons. The molecule has 12 heavy (non-hydrogen) atoms. The number of esters is 1. The molecular weight excluding hydrogens is 158 g/mol. The largest absolute Gasteiger partial charge is 0.468 e. The van der Waals surface area contributed by atoms with Crippen molar-refractivity contribution >= 4 is 5.97 Å². The van der Waals surface area contributed by atoms with Crippen molar-refractivity contribution in [1.29, 1.82) is 5.26 Å². The minimum atomic E-state index is -0.914. The molecule has 1 saturated heterocycles. The first-order valence-corrected chi connectivity index (χ1v) is 3.87. The van der Waals surface area contributed by atoms with Crippen molar-refractivity contribution in [2.75, 3.05) is 7.11 Å². The molecule has 1 saturated carbocycles. The van der Waals surface area contributed by atoms with Gasteiger partial charge in [0.25, 0.3) is 0 Å². The minimum Gasteiger partial charge on any atom is -0.468 e. The zero-order valence-corrected chi connectivity index (χ0v) is 6.74. The molecule has 0 bridgehead atoms. The van der Waals surface area contributed by atoms with Gasteiger partial charge in [0, 0.05) is 12.8 Å². The second-order valence-electron chi connectivity index (χ2n) is 3.31. The Labute approximate surface area is 70.1 Å². The maximum absolute atomic E-state index is 11.2. The summed E-state index contributed by atoms with van der Waals surface area (Å²) in [6, 6.07) is 2.03. The van der Waals surface area contributed by atoms with Gasteiger partial charge in [0.05, 0.1) is 25.4 Å². The molecule has 2 rings (SSSR count). The van der Waals surface area contributed by atoms with Crippen LogP contribution >= 0.6 is 0 Å². The van der Waals surface area contributed by atoms with Gasteiger partial charge >= 0.3 is 5.97 Å². The van der Waals surface area contributed by atoms with Crippen molar-refractivity contribution < 1.29 is 14.3 Å². The molecule has 2 atom stereocenters. The lowest BCUT2D eigenvalue weighted by Gasteiger charge is -2.17. The van der Waals surface area contributed by atoms with Gasteiger partial charge in [-0.3, -0.25) is 4.79 Å². The molecule has 0 aromatic rings. The lowest BCUT2D eigenvalue weighted by atomic mass is 9.87. The molecule has 1 aliphatic carbocycles. The van der Waals surface area contributed by atoms with Crippen LogP contribution in [0.15, 0.2) is 0 Å². The van der Waals surface area contributed by atoms with Crippen molar-refractivity contribution in [2.45, 2.75) is 25.0 Å². The molecule has 0 aromatic carbocycles. The summed E-state index contributed by atoms with van der Waals surface area (Å²) < 4.78 is 9.73. The average Bonchev–Trinajstić information content (AvgIpc) is 2.72. The van der Waals surface area contributed by atoms with Crippen molar-refractivity contribution in [2.24, 2.45) is 5.41 Å². The first kappa shape index (κ1) is 7.56. The number of hydrogen-bond acceptors (Lipinski definition) is 4. The number of carbonyl (C=O) groups is 1. The molecule has 1 aliphatic heterocycles. The van der Waals surface area contributed by atoms with Gasteiger partial charge in [-0.1, -0.05) is 0 Å². The molecular formula is C8H9NO3. The monoisotopic (exact) mass is 167 g/mol. The maximum atomic E-state index is 11.2. The summed E-state index contributed by atoms with van der Waals surface area (Å²) in [7, 11) is 1.31. The van der Waals surface area contributed by atoms with E-state index < -0.39 is 11.4 Å². The standard InChI is InChI=1S/C8H9NO3/c1-11-7(10)8(4-9)2-5-6(3-8)12-5/h5-6H,2-3H2,1H3. The third kappa shape index (κ3) is 0.833. The van der Waals surface area contributed by atoms with E-state index in [1.807, 2.05) is 6.07 Å². The SMILES string of the molecule is COC(=O)C1(C#N)CC2OC2C1. The van der Waals surface area contributed by atoms with E-state index in [2.05, 4.69) is 4.74 Å². The lowest BCUT2D eigenvalue weighted by molar-refractivity contribution is -0.150. The number of fused-ring (bicyclic) bond motifs is 1. The number of rotatable bonds is 1. The third-order valence-electron chi connectivity index (χ3n) is 2.58. The van der Waals surface area contributed by atoms with Crippen LogP contribution in [0.25, 0.3) is 0 Å². The summed E-state index contributed by atoms with van der Waals surface area (Å²) >= 11 is 0. The first-order valence-electron chi connectivity index (χ1n) is 3.87. The maximum Gasteiger partial charge on any atom is 0.326 e. The van der Waals surface area contributed by atoms with Gasteiger partial charge < -0.3 is 9.47 Å². The predicted octanol–water partition coefficient (Wildman–Crippen LogP) is 0.231. The highest BCUT2D eigenvalue weighted by Crippen LogP contribution is 2.50. The van der Waals surface area contributed by atoms with E-state index in [-0.39, 0.29) is 12.2 Å². The predicted molar refractivity (Wildman–Crippen MR) is 38.0 cm³/mol. The second kappa shape index (κ2) is 2.20. The fraction of sp³-hybridized carbons (Fsp3) is 0.750. The summed E-state index contributed by atoms with van der Waals surface area (Å²) in [4.78, 5) is 11.2. The number of nitriles is 1.